The molecule has 14 heteroatoms. The maximum Gasteiger partial charge on any atom is 0.269 e. The lowest BCUT2D eigenvalue weighted by Crippen LogP contribution is -2.30. The van der Waals surface area contributed by atoms with Gasteiger partial charge < -0.3 is 15.7 Å². The lowest BCUT2D eigenvalue weighted by molar-refractivity contribution is 0.434. The standard InChI is InChI=1S/C17H19Cl2N5O4S3/c1-4-24(5-2)31(27,28)17-14(25)13(9(3)29-17)21-16-15(22-30(26)23-16)20-11-8-6-7-10(18)12(11)19/h6-8,25H,4-5H2,1-3H3,(H,20,22)(H,21,23). The van der Waals surface area contributed by atoms with Crippen molar-refractivity contribution in [2.24, 2.45) is 8.80 Å². The number of aryl methyl sites for hydroxylation is 1. The molecule has 0 bridgehead atoms. The lowest BCUT2D eigenvalue weighted by Gasteiger charge is -2.17. The highest BCUT2D eigenvalue weighted by Gasteiger charge is 2.31. The second-order valence-corrected chi connectivity index (χ2v) is 11.2. The number of hydrogen-bond acceptors (Lipinski definition) is 7. The Kier molecular flexibility index (Phi) is 7.28. The van der Waals surface area contributed by atoms with E-state index in [0.29, 0.717) is 15.6 Å². The van der Waals surface area contributed by atoms with E-state index in [2.05, 4.69) is 19.4 Å². The van der Waals surface area contributed by atoms with Gasteiger partial charge in [-0.25, -0.2) is 12.6 Å². The smallest absolute Gasteiger partial charge is 0.269 e. The predicted molar refractivity (Wildman–Crippen MR) is 128 cm³/mol. The molecule has 168 valence electrons. The van der Waals surface area contributed by atoms with Crippen molar-refractivity contribution in [1.29, 1.82) is 0 Å². The molecule has 31 heavy (non-hydrogen) atoms. The molecule has 1 aliphatic heterocycles. The second-order valence-electron chi connectivity index (χ2n) is 6.22. The van der Waals surface area contributed by atoms with Gasteiger partial charge in [0.25, 0.3) is 21.2 Å². The maximum absolute atomic E-state index is 12.9. The fourth-order valence-corrected chi connectivity index (χ4v) is 6.85. The third-order valence-corrected chi connectivity index (χ3v) is 9.44. The van der Waals surface area contributed by atoms with Crippen molar-refractivity contribution in [3.63, 3.8) is 0 Å². The zero-order valence-corrected chi connectivity index (χ0v) is 20.6. The van der Waals surface area contributed by atoms with Crippen molar-refractivity contribution in [1.82, 2.24) is 4.31 Å². The van der Waals surface area contributed by atoms with Gasteiger partial charge in [-0.3, -0.25) is 0 Å². The Bertz CT molecular complexity index is 1210. The van der Waals surface area contributed by atoms with Gasteiger partial charge >= 0.3 is 0 Å². The van der Waals surface area contributed by atoms with Gasteiger partial charge in [0.1, 0.15) is 0 Å². The molecule has 3 N–H and O–H groups in total. The summed E-state index contributed by atoms with van der Waals surface area (Å²) in [6.45, 7) is 5.62. The van der Waals surface area contributed by atoms with Crippen molar-refractivity contribution in [2.75, 3.05) is 23.7 Å². The van der Waals surface area contributed by atoms with E-state index in [1.807, 2.05) is 0 Å². The SMILES string of the molecule is CCN(CC)S(=O)(=O)c1sc(C)c(NC2=NS(=O)N=C2Nc2cccc(Cl)c2Cl)c1O. The molecule has 9 nitrogen and oxygen atoms in total. The summed E-state index contributed by atoms with van der Waals surface area (Å²) >= 11 is 11.2. The van der Waals surface area contributed by atoms with E-state index in [4.69, 9.17) is 23.2 Å². The summed E-state index contributed by atoms with van der Waals surface area (Å²) in [5.41, 5.74) is 0.553. The van der Waals surface area contributed by atoms with Crippen LogP contribution in [0.4, 0.5) is 11.4 Å². The highest BCUT2D eigenvalue weighted by Crippen LogP contribution is 2.43. The van der Waals surface area contributed by atoms with E-state index in [1.54, 1.807) is 39.0 Å². The highest BCUT2D eigenvalue weighted by atomic mass is 35.5. The van der Waals surface area contributed by atoms with E-state index < -0.39 is 26.9 Å². The molecule has 0 amide bonds. The van der Waals surface area contributed by atoms with Gasteiger partial charge in [-0.1, -0.05) is 43.1 Å². The summed E-state index contributed by atoms with van der Waals surface area (Å²) in [6.07, 6.45) is 0. The Morgan fingerprint density at radius 1 is 1.16 bits per heavy atom. The van der Waals surface area contributed by atoms with Crippen LogP contribution in [0.3, 0.4) is 0 Å². The zero-order chi connectivity index (χ0) is 22.9. The molecule has 3 rings (SSSR count). The molecular weight excluding hydrogens is 505 g/mol. The van der Waals surface area contributed by atoms with Crippen molar-refractivity contribution in [3.8, 4) is 5.75 Å². The van der Waals surface area contributed by atoms with Gasteiger partial charge in [0.05, 0.1) is 21.4 Å². The molecule has 0 saturated heterocycles. The van der Waals surface area contributed by atoms with Gasteiger partial charge in [-0.15, -0.1) is 20.1 Å². The average Bonchev–Trinajstić information content (AvgIpc) is 3.20. The summed E-state index contributed by atoms with van der Waals surface area (Å²) in [5, 5.41) is 17.0. The van der Waals surface area contributed by atoms with Crippen molar-refractivity contribution in [2.45, 2.75) is 25.0 Å². The normalized spacial score (nSPS) is 16.4. The number of halogens is 2. The van der Waals surface area contributed by atoms with Crippen LogP contribution in [0.25, 0.3) is 0 Å². The van der Waals surface area contributed by atoms with Crippen LogP contribution in [0.5, 0.6) is 5.75 Å². The molecule has 0 saturated carbocycles. The van der Waals surface area contributed by atoms with Gasteiger partial charge in [-0.05, 0) is 19.1 Å². The number of benzene rings is 1. The largest absolute Gasteiger partial charge is 0.504 e. The number of hydrogen-bond donors (Lipinski definition) is 3. The quantitative estimate of drug-likeness (QED) is 0.525. The van der Waals surface area contributed by atoms with E-state index in [0.717, 1.165) is 11.3 Å². The molecule has 0 aliphatic carbocycles. The number of thiophene rings is 1. The molecule has 0 fully saturated rings. The fourth-order valence-electron chi connectivity index (χ4n) is 2.78. The Hall–Kier alpha value is -1.70. The first-order chi connectivity index (χ1) is 14.6. The minimum Gasteiger partial charge on any atom is -0.504 e. The monoisotopic (exact) mass is 523 g/mol. The lowest BCUT2D eigenvalue weighted by atomic mass is 10.3. The molecule has 1 aromatic carbocycles. The zero-order valence-electron chi connectivity index (χ0n) is 16.6. The van der Waals surface area contributed by atoms with Crippen LogP contribution in [0.2, 0.25) is 10.0 Å². The Morgan fingerprint density at radius 3 is 2.39 bits per heavy atom. The van der Waals surface area contributed by atoms with Crippen LogP contribution < -0.4 is 10.6 Å². The minimum absolute atomic E-state index is 0.0531. The second kappa shape index (κ2) is 9.43. The van der Waals surface area contributed by atoms with E-state index in [1.165, 1.54) is 4.31 Å². The van der Waals surface area contributed by atoms with Crippen LogP contribution in [-0.4, -0.2) is 46.8 Å². The van der Waals surface area contributed by atoms with E-state index >= 15 is 0 Å². The summed E-state index contributed by atoms with van der Waals surface area (Å²) < 4.78 is 46.5. The number of nitrogens with zero attached hydrogens (tertiary/aromatic N) is 3. The van der Waals surface area contributed by atoms with Crippen LogP contribution >= 0.6 is 34.5 Å². The third kappa shape index (κ3) is 4.73. The first kappa shape index (κ1) is 24.0. The Labute approximate surface area is 196 Å². The Balaban J connectivity index is 1.93. The van der Waals surface area contributed by atoms with Crippen LogP contribution in [0.1, 0.15) is 18.7 Å². The van der Waals surface area contributed by atoms with E-state index in [-0.39, 0.29) is 39.7 Å². The topological polar surface area (TPSA) is 123 Å². The number of amidine groups is 2. The molecule has 1 unspecified atom stereocenters. The van der Waals surface area contributed by atoms with Gasteiger partial charge in [0.15, 0.2) is 21.6 Å². The molecule has 2 heterocycles. The summed E-state index contributed by atoms with van der Waals surface area (Å²) in [6, 6.07) is 4.94. The van der Waals surface area contributed by atoms with Crippen LogP contribution in [0, 0.1) is 6.92 Å². The predicted octanol–water partition coefficient (Wildman–Crippen LogP) is 4.01. The number of nitrogens with one attached hydrogen (secondary N) is 2. The van der Waals surface area contributed by atoms with Crippen molar-refractivity contribution >= 4 is 78.8 Å². The number of anilines is 2. The number of rotatable bonds is 6. The average molecular weight is 524 g/mol. The molecule has 0 radical (unpaired) electrons. The minimum atomic E-state index is -3.87. The number of sulfonamides is 1. The van der Waals surface area contributed by atoms with Crippen molar-refractivity contribution < 1.29 is 17.7 Å². The molecule has 1 aromatic heterocycles. The third-order valence-electron chi connectivity index (χ3n) is 4.32. The molecule has 2 aromatic rings. The first-order valence-corrected chi connectivity index (χ1v) is 13.1. The van der Waals surface area contributed by atoms with Crippen molar-refractivity contribution in [3.05, 3.63) is 33.1 Å². The van der Waals surface area contributed by atoms with E-state index in [9.17, 15) is 17.7 Å². The molecule has 0 spiro atoms. The summed E-state index contributed by atoms with van der Waals surface area (Å²) in [4.78, 5) is 0.503. The summed E-state index contributed by atoms with van der Waals surface area (Å²) in [7, 11) is -3.87. The van der Waals surface area contributed by atoms with Crippen LogP contribution in [-0.2, 0) is 21.2 Å². The van der Waals surface area contributed by atoms with Gasteiger partial charge in [0, 0.05) is 18.0 Å². The van der Waals surface area contributed by atoms with Gasteiger partial charge in [-0.2, -0.15) is 4.31 Å². The fraction of sp³-hybridized carbons (Fsp3) is 0.294. The maximum atomic E-state index is 12.9. The first-order valence-electron chi connectivity index (χ1n) is 9.00. The summed E-state index contributed by atoms with van der Waals surface area (Å²) in [5.74, 6) is -0.284. The van der Waals surface area contributed by atoms with Gasteiger partial charge in [0.2, 0.25) is 0 Å². The van der Waals surface area contributed by atoms with Crippen LogP contribution in [0.15, 0.2) is 31.2 Å². The Morgan fingerprint density at radius 2 is 1.77 bits per heavy atom. The molecular formula is C17H19Cl2N5O4S3. The molecule has 1 aliphatic rings. The highest BCUT2D eigenvalue weighted by molar-refractivity contribution is 7.91. The molecule has 1 atom stereocenters. The number of aromatic hydroxyl groups is 1.